The largest absolute Gasteiger partial charge is 0.338 e. The Morgan fingerprint density at radius 1 is 1.06 bits per heavy atom. The van der Waals surface area contributed by atoms with Crippen LogP contribution < -0.4 is 10.0 Å². The molecule has 32 heavy (non-hydrogen) atoms. The number of hydrogen-bond donors (Lipinski definition) is 2. The van der Waals surface area contributed by atoms with Crippen molar-refractivity contribution in [1.29, 1.82) is 0 Å². The van der Waals surface area contributed by atoms with Crippen LogP contribution in [0.5, 0.6) is 0 Å². The molecule has 168 valence electrons. The number of halogens is 1. The van der Waals surface area contributed by atoms with E-state index in [9.17, 15) is 27.2 Å². The molecule has 2 aliphatic rings. The number of anilines is 1. The predicted molar refractivity (Wildman–Crippen MR) is 113 cm³/mol. The summed E-state index contributed by atoms with van der Waals surface area (Å²) in [6.45, 7) is 0.718. The number of likely N-dealkylation sites (tertiary alicyclic amines) is 1. The summed E-state index contributed by atoms with van der Waals surface area (Å²) in [6.07, 6.45) is 0.938. The van der Waals surface area contributed by atoms with Crippen molar-refractivity contribution >= 4 is 33.6 Å². The first-order chi connectivity index (χ1) is 15.2. The van der Waals surface area contributed by atoms with E-state index < -0.39 is 21.9 Å². The Labute approximate surface area is 184 Å². The van der Waals surface area contributed by atoms with E-state index in [2.05, 4.69) is 10.0 Å². The lowest BCUT2D eigenvalue weighted by molar-refractivity contribution is -0.127. The van der Waals surface area contributed by atoms with Gasteiger partial charge in [-0.3, -0.25) is 19.2 Å². The van der Waals surface area contributed by atoms with Crippen LogP contribution in [-0.4, -0.2) is 61.7 Å². The van der Waals surface area contributed by atoms with Crippen molar-refractivity contribution in [2.24, 2.45) is 0 Å². The van der Waals surface area contributed by atoms with Crippen molar-refractivity contribution in [2.45, 2.75) is 23.8 Å². The van der Waals surface area contributed by atoms with Crippen LogP contribution in [0.4, 0.5) is 14.9 Å². The number of imide groups is 1. The third kappa shape index (κ3) is 4.42. The highest BCUT2D eigenvalue weighted by atomic mass is 32.2. The van der Waals surface area contributed by atoms with Gasteiger partial charge < -0.3 is 10.2 Å². The van der Waals surface area contributed by atoms with Crippen molar-refractivity contribution in [3.63, 3.8) is 0 Å². The summed E-state index contributed by atoms with van der Waals surface area (Å²) in [5, 5.41) is 2.50. The van der Waals surface area contributed by atoms with Gasteiger partial charge in [0.25, 0.3) is 15.9 Å². The number of rotatable bonds is 5. The van der Waals surface area contributed by atoms with Crippen LogP contribution in [0.1, 0.15) is 23.2 Å². The smallest absolute Gasteiger partial charge is 0.324 e. The Balaban J connectivity index is 1.43. The Kier molecular flexibility index (Phi) is 5.83. The number of piperidine rings is 1. The topological polar surface area (TPSA) is 116 Å². The predicted octanol–water partition coefficient (Wildman–Crippen LogP) is 1.78. The second-order valence-corrected chi connectivity index (χ2v) is 9.27. The van der Waals surface area contributed by atoms with Crippen LogP contribution in [-0.2, 0) is 14.8 Å². The molecule has 2 aliphatic heterocycles. The molecule has 0 unspecified atom stereocenters. The molecule has 4 rings (SSSR count). The van der Waals surface area contributed by atoms with Gasteiger partial charge in [-0.15, -0.1) is 0 Å². The molecule has 0 atom stereocenters. The van der Waals surface area contributed by atoms with E-state index in [0.29, 0.717) is 25.9 Å². The molecule has 2 heterocycles. The average Bonchev–Trinajstić information content (AvgIpc) is 3.11. The molecule has 9 nitrogen and oxygen atoms in total. The first-order valence-corrected chi connectivity index (χ1v) is 11.5. The normalized spacial score (nSPS) is 17.4. The fraction of sp³-hybridized carbons (Fsp3) is 0.286. The van der Waals surface area contributed by atoms with Crippen molar-refractivity contribution in [2.75, 3.05) is 24.4 Å². The third-order valence-corrected chi connectivity index (χ3v) is 6.84. The van der Waals surface area contributed by atoms with E-state index in [1.807, 2.05) is 0 Å². The zero-order valence-corrected chi connectivity index (χ0v) is 17.8. The number of carbonyl (C=O) groups excluding carboxylic acids is 3. The van der Waals surface area contributed by atoms with Crippen molar-refractivity contribution in [3.05, 3.63) is 59.9 Å². The van der Waals surface area contributed by atoms with E-state index in [4.69, 9.17) is 0 Å². The molecule has 11 heteroatoms. The quantitative estimate of drug-likeness (QED) is 0.660. The molecule has 0 aromatic heterocycles. The zero-order chi connectivity index (χ0) is 22.9. The Bertz CT molecular complexity index is 1160. The number of nitrogens with zero attached hydrogens (tertiary/aromatic N) is 2. The summed E-state index contributed by atoms with van der Waals surface area (Å²) in [4.78, 5) is 39.2. The summed E-state index contributed by atoms with van der Waals surface area (Å²) < 4.78 is 40.8. The molecular formula is C21H21FN4O5S. The minimum atomic E-state index is -4.02. The standard InChI is InChI=1S/C21H21FN4O5S/c22-15-4-2-6-18(12-15)32(30,31)24-16-5-1-3-14(11-16)20(28)25-9-7-17(8-10-25)26-19(27)13-23-21(26)29/h1-6,11-12,17,24H,7-10,13H2,(H,23,29). The maximum atomic E-state index is 13.4. The second kappa shape index (κ2) is 8.58. The molecule has 0 radical (unpaired) electrons. The van der Waals surface area contributed by atoms with E-state index in [-0.39, 0.29) is 40.5 Å². The maximum Gasteiger partial charge on any atom is 0.324 e. The lowest BCUT2D eigenvalue weighted by Gasteiger charge is -2.35. The van der Waals surface area contributed by atoms with Crippen molar-refractivity contribution in [3.8, 4) is 0 Å². The number of urea groups is 1. The fourth-order valence-electron chi connectivity index (χ4n) is 3.88. The molecule has 2 saturated heterocycles. The monoisotopic (exact) mass is 460 g/mol. The van der Waals surface area contributed by atoms with Crippen LogP contribution in [0.15, 0.2) is 53.4 Å². The molecule has 4 amide bonds. The van der Waals surface area contributed by atoms with E-state index in [0.717, 1.165) is 12.1 Å². The highest BCUT2D eigenvalue weighted by Crippen LogP contribution is 2.22. The number of hydrogen-bond acceptors (Lipinski definition) is 5. The van der Waals surface area contributed by atoms with Crippen molar-refractivity contribution < 1.29 is 27.2 Å². The highest BCUT2D eigenvalue weighted by molar-refractivity contribution is 7.92. The maximum absolute atomic E-state index is 13.4. The molecule has 0 bridgehead atoms. The molecule has 2 N–H and O–H groups in total. The van der Waals surface area contributed by atoms with Gasteiger partial charge in [-0.2, -0.15) is 0 Å². The number of carbonyl (C=O) groups is 3. The second-order valence-electron chi connectivity index (χ2n) is 7.59. The lowest BCUT2D eigenvalue weighted by Crippen LogP contribution is -2.49. The first kappa shape index (κ1) is 21.8. The average molecular weight is 460 g/mol. The summed E-state index contributed by atoms with van der Waals surface area (Å²) >= 11 is 0. The molecule has 2 aromatic carbocycles. The van der Waals surface area contributed by atoms with Crippen LogP contribution in [0.25, 0.3) is 0 Å². The van der Waals surface area contributed by atoms with Gasteiger partial charge >= 0.3 is 6.03 Å². The lowest BCUT2D eigenvalue weighted by atomic mass is 10.0. The summed E-state index contributed by atoms with van der Waals surface area (Å²) in [5.41, 5.74) is 0.465. The van der Waals surface area contributed by atoms with Gasteiger partial charge in [-0.05, 0) is 49.2 Å². The van der Waals surface area contributed by atoms with Gasteiger partial charge in [-0.1, -0.05) is 12.1 Å². The Morgan fingerprint density at radius 3 is 2.44 bits per heavy atom. The fourth-order valence-corrected chi connectivity index (χ4v) is 4.96. The SMILES string of the molecule is O=C(c1cccc(NS(=O)(=O)c2cccc(F)c2)c1)N1CCC(N2C(=O)CNC2=O)CC1. The number of sulfonamides is 1. The third-order valence-electron chi connectivity index (χ3n) is 5.46. The minimum Gasteiger partial charge on any atom is -0.338 e. The van der Waals surface area contributed by atoms with Gasteiger partial charge in [0.2, 0.25) is 5.91 Å². The Hall–Kier alpha value is -3.47. The molecule has 0 aliphatic carbocycles. The molecule has 2 aromatic rings. The number of nitrogens with one attached hydrogen (secondary N) is 2. The van der Waals surface area contributed by atoms with Crippen LogP contribution in [0.2, 0.25) is 0 Å². The molecular weight excluding hydrogens is 439 g/mol. The van der Waals surface area contributed by atoms with Gasteiger partial charge in [0, 0.05) is 30.4 Å². The van der Waals surface area contributed by atoms with E-state index in [1.54, 1.807) is 17.0 Å². The number of benzene rings is 2. The summed E-state index contributed by atoms with van der Waals surface area (Å²) in [6, 6.07) is 10.0. The van der Waals surface area contributed by atoms with Gasteiger partial charge in [0.1, 0.15) is 5.82 Å². The number of amides is 4. The van der Waals surface area contributed by atoms with Crippen LogP contribution in [0.3, 0.4) is 0 Å². The molecule has 2 fully saturated rings. The first-order valence-electron chi connectivity index (χ1n) is 10.0. The highest BCUT2D eigenvalue weighted by Gasteiger charge is 2.37. The van der Waals surface area contributed by atoms with Gasteiger partial charge in [0.05, 0.1) is 11.4 Å². The van der Waals surface area contributed by atoms with E-state index >= 15 is 0 Å². The van der Waals surface area contributed by atoms with Crippen molar-refractivity contribution in [1.82, 2.24) is 15.1 Å². The van der Waals surface area contributed by atoms with Crippen LogP contribution >= 0.6 is 0 Å². The zero-order valence-electron chi connectivity index (χ0n) is 17.0. The van der Waals surface area contributed by atoms with Crippen LogP contribution in [0, 0.1) is 5.82 Å². The van der Waals surface area contributed by atoms with Gasteiger partial charge in [-0.25, -0.2) is 17.6 Å². The van der Waals surface area contributed by atoms with E-state index in [1.165, 1.54) is 29.2 Å². The summed E-state index contributed by atoms with van der Waals surface area (Å²) in [5.74, 6) is -1.22. The Morgan fingerprint density at radius 2 is 1.78 bits per heavy atom. The molecule has 0 saturated carbocycles. The summed E-state index contributed by atoms with van der Waals surface area (Å²) in [7, 11) is -4.02. The van der Waals surface area contributed by atoms with Gasteiger partial charge in [0.15, 0.2) is 0 Å². The molecule has 0 spiro atoms. The minimum absolute atomic E-state index is 0.00367.